The van der Waals surface area contributed by atoms with E-state index in [9.17, 15) is 4.39 Å². The van der Waals surface area contributed by atoms with Crippen molar-refractivity contribution >= 4 is 0 Å². The lowest BCUT2D eigenvalue weighted by atomic mass is 9.74. The summed E-state index contributed by atoms with van der Waals surface area (Å²) in [6, 6.07) is 3.84. The number of nitrogens with zero attached hydrogens (tertiary/aromatic N) is 2. The maximum Gasteiger partial charge on any atom is 0.216 e. The molecule has 1 aromatic rings. The third-order valence-electron chi connectivity index (χ3n) is 4.06. The highest BCUT2D eigenvalue weighted by Gasteiger charge is 2.47. The predicted octanol–water partition coefficient (Wildman–Crippen LogP) is 1.75. The summed E-state index contributed by atoms with van der Waals surface area (Å²) in [5.74, 6) is -0.108. The Kier molecular flexibility index (Phi) is 2.87. The van der Waals surface area contributed by atoms with E-state index in [1.165, 1.54) is 0 Å². The van der Waals surface area contributed by atoms with Crippen molar-refractivity contribution < 1.29 is 4.39 Å². The molecule has 3 nitrogen and oxygen atoms in total. The van der Waals surface area contributed by atoms with E-state index >= 15 is 0 Å². The molecule has 2 aliphatic rings. The molecule has 3 rings (SSSR count). The molecule has 0 bridgehead atoms. The molecule has 0 atom stereocenters. The first-order chi connectivity index (χ1) is 8.58. The molecule has 98 valence electrons. The molecule has 2 fully saturated rings. The van der Waals surface area contributed by atoms with Gasteiger partial charge in [0.05, 0.1) is 5.69 Å². The van der Waals surface area contributed by atoms with Gasteiger partial charge in [-0.3, -0.25) is 4.90 Å². The van der Waals surface area contributed by atoms with Crippen molar-refractivity contribution in [3.05, 3.63) is 29.3 Å². The van der Waals surface area contributed by atoms with Gasteiger partial charge in [0.2, 0.25) is 5.95 Å². The van der Waals surface area contributed by atoms with Gasteiger partial charge >= 0.3 is 0 Å². The zero-order chi connectivity index (χ0) is 12.8. The Hall–Kier alpha value is -1.00. The van der Waals surface area contributed by atoms with Crippen molar-refractivity contribution in [2.24, 2.45) is 5.41 Å². The lowest BCUT2D eigenvalue weighted by molar-refractivity contribution is -0.0451. The fraction of sp³-hybridized carbons (Fsp3) is 0.643. The van der Waals surface area contributed by atoms with E-state index in [1.54, 1.807) is 0 Å². The van der Waals surface area contributed by atoms with E-state index in [1.807, 2.05) is 26.0 Å². The number of nitrogens with one attached hydrogen (secondary N) is 1. The predicted molar refractivity (Wildman–Crippen MR) is 68.9 cm³/mol. The summed E-state index contributed by atoms with van der Waals surface area (Å²) in [6.45, 7) is 9.27. The summed E-state index contributed by atoms with van der Waals surface area (Å²) in [4.78, 5) is 6.43. The SMILES string of the molecule is CC(C)c1ccc(CN2CC3(CNC3)C2)nc1F. The van der Waals surface area contributed by atoms with Crippen molar-refractivity contribution in [1.82, 2.24) is 15.2 Å². The van der Waals surface area contributed by atoms with Gasteiger partial charge in [0, 0.05) is 43.7 Å². The molecule has 0 radical (unpaired) electrons. The Morgan fingerprint density at radius 2 is 2.11 bits per heavy atom. The molecule has 0 aliphatic carbocycles. The number of hydrogen-bond donors (Lipinski definition) is 1. The quantitative estimate of drug-likeness (QED) is 0.827. The summed E-state index contributed by atoms with van der Waals surface area (Å²) in [5.41, 5.74) is 2.08. The summed E-state index contributed by atoms with van der Waals surface area (Å²) in [5, 5.41) is 3.32. The summed E-state index contributed by atoms with van der Waals surface area (Å²) >= 11 is 0. The summed E-state index contributed by atoms with van der Waals surface area (Å²) < 4.78 is 13.8. The molecular weight excluding hydrogens is 229 g/mol. The van der Waals surface area contributed by atoms with Crippen LogP contribution in [0.15, 0.2) is 12.1 Å². The number of hydrogen-bond acceptors (Lipinski definition) is 3. The van der Waals surface area contributed by atoms with Gasteiger partial charge in [0.1, 0.15) is 0 Å². The van der Waals surface area contributed by atoms with Gasteiger partial charge in [-0.15, -0.1) is 0 Å². The Morgan fingerprint density at radius 3 is 2.61 bits per heavy atom. The van der Waals surface area contributed by atoms with Crippen molar-refractivity contribution in [3.63, 3.8) is 0 Å². The highest BCUT2D eigenvalue weighted by atomic mass is 19.1. The Labute approximate surface area is 107 Å². The molecule has 0 unspecified atom stereocenters. The van der Waals surface area contributed by atoms with Crippen molar-refractivity contribution in [2.75, 3.05) is 26.2 Å². The second-order valence-corrected chi connectivity index (χ2v) is 6.09. The van der Waals surface area contributed by atoms with Crippen molar-refractivity contribution in [3.8, 4) is 0 Å². The molecule has 0 aromatic carbocycles. The molecule has 4 heteroatoms. The monoisotopic (exact) mass is 249 g/mol. The van der Waals surface area contributed by atoms with Crippen LogP contribution >= 0.6 is 0 Å². The Bertz CT molecular complexity index is 446. The minimum atomic E-state index is -0.303. The van der Waals surface area contributed by atoms with Crippen LogP contribution in [0.1, 0.15) is 31.0 Å². The van der Waals surface area contributed by atoms with Gasteiger partial charge in [0.25, 0.3) is 0 Å². The maximum absolute atomic E-state index is 13.8. The van der Waals surface area contributed by atoms with Crippen LogP contribution in [-0.2, 0) is 6.54 Å². The highest BCUT2D eigenvalue weighted by Crippen LogP contribution is 2.34. The molecular formula is C14H20FN3. The Balaban J connectivity index is 1.62. The third-order valence-corrected chi connectivity index (χ3v) is 4.06. The van der Waals surface area contributed by atoms with Crippen LogP contribution in [-0.4, -0.2) is 36.1 Å². The fourth-order valence-electron chi connectivity index (χ4n) is 2.95. The third kappa shape index (κ3) is 2.04. The fourth-order valence-corrected chi connectivity index (χ4v) is 2.95. The number of likely N-dealkylation sites (tertiary alicyclic amines) is 1. The van der Waals surface area contributed by atoms with Gasteiger partial charge in [-0.25, -0.2) is 4.98 Å². The molecule has 2 aliphatic heterocycles. The highest BCUT2D eigenvalue weighted by molar-refractivity contribution is 5.19. The van der Waals surface area contributed by atoms with Crippen molar-refractivity contribution in [1.29, 1.82) is 0 Å². The van der Waals surface area contributed by atoms with E-state index in [4.69, 9.17) is 0 Å². The average Bonchev–Trinajstić information content (AvgIpc) is 2.19. The second kappa shape index (κ2) is 4.28. The molecule has 2 saturated heterocycles. The number of pyridine rings is 1. The lowest BCUT2D eigenvalue weighted by Crippen LogP contribution is -2.70. The summed E-state index contributed by atoms with van der Waals surface area (Å²) in [6.07, 6.45) is 0. The van der Waals surface area contributed by atoms with E-state index in [0.29, 0.717) is 11.0 Å². The average molecular weight is 249 g/mol. The topological polar surface area (TPSA) is 28.2 Å². The molecule has 0 saturated carbocycles. The second-order valence-electron chi connectivity index (χ2n) is 6.09. The normalized spacial score (nSPS) is 22.0. The van der Waals surface area contributed by atoms with Crippen molar-refractivity contribution in [2.45, 2.75) is 26.3 Å². The van der Waals surface area contributed by atoms with Gasteiger partial charge < -0.3 is 5.32 Å². The Morgan fingerprint density at radius 1 is 1.39 bits per heavy atom. The van der Waals surface area contributed by atoms with Crippen LogP contribution in [0.5, 0.6) is 0 Å². The molecule has 1 spiro atoms. The first-order valence-corrected chi connectivity index (χ1v) is 6.66. The minimum absolute atomic E-state index is 0.194. The van der Waals surface area contributed by atoms with Gasteiger partial charge in [-0.2, -0.15) is 4.39 Å². The van der Waals surface area contributed by atoms with Crippen LogP contribution in [0.3, 0.4) is 0 Å². The number of rotatable bonds is 3. The molecule has 1 aromatic heterocycles. The zero-order valence-electron chi connectivity index (χ0n) is 11.0. The lowest BCUT2D eigenvalue weighted by Gasteiger charge is -2.56. The van der Waals surface area contributed by atoms with Gasteiger partial charge in [0.15, 0.2) is 0 Å². The van der Waals surface area contributed by atoms with E-state index in [0.717, 1.165) is 38.4 Å². The minimum Gasteiger partial charge on any atom is -0.315 e. The first kappa shape index (κ1) is 12.1. The molecule has 0 amide bonds. The van der Waals surface area contributed by atoms with E-state index in [2.05, 4.69) is 15.2 Å². The standard InChI is InChI=1S/C14H20FN3/c1-10(2)12-4-3-11(17-13(12)15)5-18-8-14(9-18)6-16-7-14/h3-4,10,16H,5-9H2,1-2H3. The summed E-state index contributed by atoms with van der Waals surface area (Å²) in [7, 11) is 0. The van der Waals surface area contributed by atoms with Crippen LogP contribution in [0, 0.1) is 11.4 Å². The first-order valence-electron chi connectivity index (χ1n) is 6.66. The smallest absolute Gasteiger partial charge is 0.216 e. The van der Waals surface area contributed by atoms with Crippen LogP contribution < -0.4 is 5.32 Å². The van der Waals surface area contributed by atoms with Crippen LogP contribution in [0.2, 0.25) is 0 Å². The molecule has 1 N–H and O–H groups in total. The van der Waals surface area contributed by atoms with Crippen LogP contribution in [0.25, 0.3) is 0 Å². The maximum atomic E-state index is 13.8. The molecule has 3 heterocycles. The van der Waals surface area contributed by atoms with Gasteiger partial charge in [-0.05, 0) is 12.0 Å². The largest absolute Gasteiger partial charge is 0.315 e. The van der Waals surface area contributed by atoms with E-state index < -0.39 is 0 Å². The number of aromatic nitrogens is 1. The number of halogens is 1. The zero-order valence-corrected chi connectivity index (χ0v) is 11.0. The van der Waals surface area contributed by atoms with E-state index in [-0.39, 0.29) is 11.9 Å². The van der Waals surface area contributed by atoms with Gasteiger partial charge in [-0.1, -0.05) is 19.9 Å². The van der Waals surface area contributed by atoms with Crippen LogP contribution in [0.4, 0.5) is 4.39 Å². The molecule has 18 heavy (non-hydrogen) atoms.